The van der Waals surface area contributed by atoms with Gasteiger partial charge in [-0.15, -0.1) is 0 Å². The molecule has 0 aliphatic carbocycles. The summed E-state index contributed by atoms with van der Waals surface area (Å²) in [6.45, 7) is -0.0223. The first kappa shape index (κ1) is 15.5. The summed E-state index contributed by atoms with van der Waals surface area (Å²) < 4.78 is 74.2. The maximum absolute atomic E-state index is 13.2. The van der Waals surface area contributed by atoms with Crippen molar-refractivity contribution in [2.75, 3.05) is 24.5 Å². The largest absolute Gasteiger partial charge is 0.501 e. The van der Waals surface area contributed by atoms with E-state index < -0.39 is 32.0 Å². The highest BCUT2D eigenvalue weighted by Crippen LogP contribution is 2.36. The van der Waals surface area contributed by atoms with E-state index in [2.05, 4.69) is 5.32 Å². The minimum atomic E-state index is -5.71. The standard InChI is InChI=1S/C11H10F4N2O3S/c12-7-1-2-8(17-4-3-16-10(18)6-17)9(5-7)21(19,20)11(13,14)15/h1-2,5H,3-4,6H2,(H,16,18). The van der Waals surface area contributed by atoms with Crippen LogP contribution in [-0.2, 0) is 14.6 Å². The Morgan fingerprint density at radius 3 is 2.48 bits per heavy atom. The monoisotopic (exact) mass is 326 g/mol. The summed E-state index contributed by atoms with van der Waals surface area (Å²) in [7, 11) is -5.71. The van der Waals surface area contributed by atoms with E-state index in [9.17, 15) is 30.8 Å². The van der Waals surface area contributed by atoms with Crippen LogP contribution in [0.2, 0.25) is 0 Å². The van der Waals surface area contributed by atoms with Gasteiger partial charge < -0.3 is 10.2 Å². The molecular weight excluding hydrogens is 316 g/mol. The number of halogens is 4. The van der Waals surface area contributed by atoms with Crippen LogP contribution in [0.3, 0.4) is 0 Å². The minimum Gasteiger partial charge on any atom is -0.359 e. The zero-order valence-electron chi connectivity index (χ0n) is 10.4. The average Bonchev–Trinajstić information content (AvgIpc) is 2.37. The number of carbonyl (C=O) groups is 1. The van der Waals surface area contributed by atoms with Gasteiger partial charge in [0, 0.05) is 13.1 Å². The van der Waals surface area contributed by atoms with Crippen LogP contribution in [0, 0.1) is 5.82 Å². The van der Waals surface area contributed by atoms with Crippen LogP contribution >= 0.6 is 0 Å². The number of carbonyl (C=O) groups excluding carboxylic acids is 1. The Kier molecular flexibility index (Phi) is 3.83. The summed E-state index contributed by atoms with van der Waals surface area (Å²) >= 11 is 0. The third kappa shape index (κ3) is 2.94. The van der Waals surface area contributed by atoms with Crippen LogP contribution in [0.15, 0.2) is 23.1 Å². The summed E-state index contributed by atoms with van der Waals surface area (Å²) in [6.07, 6.45) is 0. The molecule has 0 radical (unpaired) electrons. The summed E-state index contributed by atoms with van der Waals surface area (Å²) in [5.41, 5.74) is -5.89. The third-order valence-electron chi connectivity index (χ3n) is 2.90. The predicted octanol–water partition coefficient (Wildman–Crippen LogP) is 1.06. The molecule has 1 N–H and O–H groups in total. The van der Waals surface area contributed by atoms with Crippen molar-refractivity contribution in [3.05, 3.63) is 24.0 Å². The number of sulfone groups is 1. The van der Waals surface area contributed by atoms with Gasteiger partial charge in [0.05, 0.1) is 12.2 Å². The molecule has 0 atom stereocenters. The molecule has 1 aliphatic rings. The molecule has 0 bridgehead atoms. The highest BCUT2D eigenvalue weighted by atomic mass is 32.2. The Labute approximate surface area is 117 Å². The third-order valence-corrected chi connectivity index (χ3v) is 4.41. The number of amides is 1. The molecule has 0 unspecified atom stereocenters. The molecule has 1 saturated heterocycles. The Morgan fingerprint density at radius 2 is 1.90 bits per heavy atom. The van der Waals surface area contributed by atoms with Crippen molar-refractivity contribution in [1.82, 2.24) is 5.32 Å². The molecule has 1 aliphatic heterocycles. The molecular formula is C11H10F4N2O3S. The van der Waals surface area contributed by atoms with E-state index in [0.29, 0.717) is 6.07 Å². The van der Waals surface area contributed by atoms with E-state index >= 15 is 0 Å². The molecule has 1 heterocycles. The van der Waals surface area contributed by atoms with Gasteiger partial charge in [-0.05, 0) is 18.2 Å². The van der Waals surface area contributed by atoms with Crippen LogP contribution in [0.5, 0.6) is 0 Å². The number of piperazine rings is 1. The normalized spacial score (nSPS) is 16.8. The summed E-state index contributed by atoms with van der Waals surface area (Å²) in [5, 5.41) is 2.46. The Hall–Kier alpha value is -1.84. The molecule has 1 aromatic rings. The van der Waals surface area contributed by atoms with Crippen LogP contribution < -0.4 is 10.2 Å². The smallest absolute Gasteiger partial charge is 0.359 e. The van der Waals surface area contributed by atoms with E-state index in [1.807, 2.05) is 0 Å². The van der Waals surface area contributed by atoms with E-state index in [-0.39, 0.29) is 25.3 Å². The van der Waals surface area contributed by atoms with Gasteiger partial charge in [0.25, 0.3) is 9.84 Å². The van der Waals surface area contributed by atoms with Gasteiger partial charge in [-0.25, -0.2) is 12.8 Å². The second-order valence-corrected chi connectivity index (χ2v) is 6.24. The molecule has 1 fully saturated rings. The zero-order valence-corrected chi connectivity index (χ0v) is 11.3. The SMILES string of the molecule is O=C1CN(c2ccc(F)cc2S(=O)(=O)C(F)(F)F)CCN1. The van der Waals surface area contributed by atoms with Crippen molar-refractivity contribution in [1.29, 1.82) is 0 Å². The van der Waals surface area contributed by atoms with Crippen molar-refractivity contribution >= 4 is 21.4 Å². The number of rotatable bonds is 2. The Balaban J connectivity index is 2.56. The fraction of sp³-hybridized carbons (Fsp3) is 0.364. The zero-order chi connectivity index (χ0) is 15.8. The lowest BCUT2D eigenvalue weighted by Crippen LogP contribution is -2.48. The maximum atomic E-state index is 13.2. The molecule has 1 aromatic carbocycles. The van der Waals surface area contributed by atoms with E-state index in [4.69, 9.17) is 0 Å². The van der Waals surface area contributed by atoms with Crippen LogP contribution in [0.4, 0.5) is 23.2 Å². The van der Waals surface area contributed by atoms with Gasteiger partial charge in [0.1, 0.15) is 10.7 Å². The summed E-state index contributed by atoms with van der Waals surface area (Å²) in [4.78, 5) is 11.2. The lowest BCUT2D eigenvalue weighted by atomic mass is 10.2. The summed E-state index contributed by atoms with van der Waals surface area (Å²) in [6, 6.07) is 2.08. The van der Waals surface area contributed by atoms with Gasteiger partial charge in [-0.1, -0.05) is 0 Å². The number of nitrogens with zero attached hydrogens (tertiary/aromatic N) is 1. The average molecular weight is 326 g/mol. The number of alkyl halides is 3. The molecule has 0 aromatic heterocycles. The topological polar surface area (TPSA) is 66.5 Å². The fourth-order valence-corrected chi connectivity index (χ4v) is 2.92. The number of hydrogen-bond acceptors (Lipinski definition) is 4. The number of hydrogen-bond donors (Lipinski definition) is 1. The van der Waals surface area contributed by atoms with Gasteiger partial charge in [0.2, 0.25) is 5.91 Å². The number of anilines is 1. The number of nitrogens with one attached hydrogen (secondary N) is 1. The minimum absolute atomic E-state index is 0.123. The maximum Gasteiger partial charge on any atom is 0.501 e. The van der Waals surface area contributed by atoms with Crippen LogP contribution in [0.1, 0.15) is 0 Å². The molecule has 10 heteroatoms. The van der Waals surface area contributed by atoms with Crippen LogP contribution in [-0.4, -0.2) is 39.5 Å². The quantitative estimate of drug-likeness (QED) is 0.825. The first-order chi connectivity index (χ1) is 9.63. The van der Waals surface area contributed by atoms with Gasteiger partial charge in [0.15, 0.2) is 0 Å². The van der Waals surface area contributed by atoms with Gasteiger partial charge in [-0.2, -0.15) is 13.2 Å². The Morgan fingerprint density at radius 1 is 1.24 bits per heavy atom. The van der Waals surface area contributed by atoms with E-state index in [1.54, 1.807) is 0 Å². The van der Waals surface area contributed by atoms with Crippen molar-refractivity contribution < 1.29 is 30.8 Å². The first-order valence-corrected chi connectivity index (χ1v) is 7.24. The van der Waals surface area contributed by atoms with E-state index in [1.165, 1.54) is 0 Å². The van der Waals surface area contributed by atoms with Crippen molar-refractivity contribution in [2.45, 2.75) is 10.4 Å². The van der Waals surface area contributed by atoms with Crippen molar-refractivity contribution in [2.24, 2.45) is 0 Å². The molecule has 21 heavy (non-hydrogen) atoms. The second kappa shape index (κ2) is 5.17. The molecule has 2 rings (SSSR count). The van der Waals surface area contributed by atoms with Crippen molar-refractivity contribution in [3.8, 4) is 0 Å². The Bertz CT molecular complexity index is 673. The predicted molar refractivity (Wildman–Crippen MR) is 64.9 cm³/mol. The lowest BCUT2D eigenvalue weighted by Gasteiger charge is -2.30. The molecule has 0 saturated carbocycles. The lowest BCUT2D eigenvalue weighted by molar-refractivity contribution is -0.120. The van der Waals surface area contributed by atoms with Crippen LogP contribution in [0.25, 0.3) is 0 Å². The van der Waals surface area contributed by atoms with Crippen molar-refractivity contribution in [3.63, 3.8) is 0 Å². The molecule has 1 amide bonds. The highest BCUT2D eigenvalue weighted by Gasteiger charge is 2.48. The number of benzene rings is 1. The van der Waals surface area contributed by atoms with E-state index in [0.717, 1.165) is 17.0 Å². The molecule has 0 spiro atoms. The second-order valence-electron chi connectivity index (χ2n) is 4.33. The first-order valence-electron chi connectivity index (χ1n) is 5.75. The van der Waals surface area contributed by atoms with Gasteiger partial charge >= 0.3 is 5.51 Å². The molecule has 5 nitrogen and oxygen atoms in total. The fourth-order valence-electron chi connectivity index (χ4n) is 1.93. The molecule has 116 valence electrons. The highest BCUT2D eigenvalue weighted by molar-refractivity contribution is 7.92. The summed E-state index contributed by atoms with van der Waals surface area (Å²) in [5.74, 6) is -1.57. The van der Waals surface area contributed by atoms with Gasteiger partial charge in [-0.3, -0.25) is 4.79 Å².